The standard InChI is InChI=1S/C28H22FN7O/c1-17-12-21(6-5-20(17)13-19-10-11-36-24(14-19)31-16-33-36)34-28-26-22(30-15-32-28)7-8-23(27(26)29)35-25(37)9-4-18-2-3-18/h5-8,10-12,14-16,18H,2-3,13H2,1H3,(H,35,37)(H,30,32,34). The fraction of sp³-hybridized carbons (Fsp3) is 0.179. The molecule has 8 nitrogen and oxygen atoms in total. The van der Waals surface area contributed by atoms with Crippen molar-refractivity contribution in [3.8, 4) is 11.8 Å². The molecule has 3 heterocycles. The van der Waals surface area contributed by atoms with Gasteiger partial charge in [-0.1, -0.05) is 12.0 Å². The molecule has 1 fully saturated rings. The van der Waals surface area contributed by atoms with E-state index in [0.717, 1.165) is 47.3 Å². The van der Waals surface area contributed by atoms with Crippen molar-refractivity contribution in [1.29, 1.82) is 0 Å². The van der Waals surface area contributed by atoms with Gasteiger partial charge < -0.3 is 10.6 Å². The molecule has 1 saturated carbocycles. The average Bonchev–Trinajstić information content (AvgIpc) is 3.61. The van der Waals surface area contributed by atoms with Crippen LogP contribution in [0.15, 0.2) is 61.3 Å². The van der Waals surface area contributed by atoms with Crippen LogP contribution >= 0.6 is 0 Å². The first-order valence-electron chi connectivity index (χ1n) is 11.9. The Balaban J connectivity index is 1.25. The summed E-state index contributed by atoms with van der Waals surface area (Å²) in [5.41, 5.74) is 5.39. The highest BCUT2D eigenvalue weighted by Gasteiger charge is 2.19. The van der Waals surface area contributed by atoms with E-state index in [2.05, 4.69) is 42.5 Å². The lowest BCUT2D eigenvalue weighted by Gasteiger charge is -2.13. The predicted molar refractivity (Wildman–Crippen MR) is 139 cm³/mol. The highest BCUT2D eigenvalue weighted by atomic mass is 19.1. The van der Waals surface area contributed by atoms with Gasteiger partial charge in [0.25, 0.3) is 5.91 Å². The summed E-state index contributed by atoms with van der Waals surface area (Å²) >= 11 is 0. The number of hydrogen-bond donors (Lipinski definition) is 2. The quantitative estimate of drug-likeness (QED) is 0.343. The van der Waals surface area contributed by atoms with E-state index in [1.165, 1.54) is 18.7 Å². The average molecular weight is 492 g/mol. The zero-order chi connectivity index (χ0) is 25.4. The molecular weight excluding hydrogens is 469 g/mol. The van der Waals surface area contributed by atoms with Gasteiger partial charge in [-0.2, -0.15) is 5.10 Å². The van der Waals surface area contributed by atoms with Crippen LogP contribution in [0, 0.1) is 30.5 Å². The molecule has 3 aromatic heterocycles. The van der Waals surface area contributed by atoms with Crippen molar-refractivity contribution in [1.82, 2.24) is 24.6 Å². The van der Waals surface area contributed by atoms with Gasteiger partial charge in [-0.25, -0.2) is 23.9 Å². The maximum absolute atomic E-state index is 15.5. The molecule has 0 atom stereocenters. The first-order chi connectivity index (χ1) is 18.0. The molecule has 0 spiro atoms. The van der Waals surface area contributed by atoms with Gasteiger partial charge in [0.05, 0.1) is 16.6 Å². The third kappa shape index (κ3) is 4.82. The maximum atomic E-state index is 15.5. The molecule has 0 unspecified atom stereocenters. The van der Waals surface area contributed by atoms with Crippen LogP contribution in [0.1, 0.15) is 29.5 Å². The zero-order valence-corrected chi connectivity index (χ0v) is 20.0. The minimum Gasteiger partial charge on any atom is -0.340 e. The SMILES string of the molecule is Cc1cc(Nc2ncnc3ccc(NC(=O)C#CC4CC4)c(F)c23)ccc1Cc1ccn2ncnc2c1. The normalized spacial score (nSPS) is 12.8. The van der Waals surface area contributed by atoms with Gasteiger partial charge in [0.2, 0.25) is 0 Å². The van der Waals surface area contributed by atoms with Crippen LogP contribution in [0.4, 0.5) is 21.6 Å². The number of benzene rings is 2. The van der Waals surface area contributed by atoms with Crippen molar-refractivity contribution in [3.63, 3.8) is 0 Å². The first kappa shape index (κ1) is 22.6. The van der Waals surface area contributed by atoms with Crippen molar-refractivity contribution in [3.05, 3.63) is 83.8 Å². The molecule has 6 rings (SSSR count). The number of anilines is 3. The van der Waals surface area contributed by atoms with E-state index in [0.29, 0.717) is 11.3 Å². The van der Waals surface area contributed by atoms with Crippen molar-refractivity contribution in [2.75, 3.05) is 10.6 Å². The summed E-state index contributed by atoms with van der Waals surface area (Å²) in [5, 5.41) is 10.1. The first-order valence-corrected chi connectivity index (χ1v) is 11.9. The lowest BCUT2D eigenvalue weighted by Crippen LogP contribution is -2.10. The van der Waals surface area contributed by atoms with Crippen LogP contribution in [-0.2, 0) is 11.2 Å². The van der Waals surface area contributed by atoms with Gasteiger partial charge >= 0.3 is 0 Å². The molecule has 0 radical (unpaired) electrons. The Bertz CT molecular complexity index is 1730. The molecule has 2 aromatic carbocycles. The summed E-state index contributed by atoms with van der Waals surface area (Å²) in [6.07, 6.45) is 7.57. The number of aromatic nitrogens is 5. The van der Waals surface area contributed by atoms with Gasteiger partial charge in [0, 0.05) is 17.8 Å². The summed E-state index contributed by atoms with van der Waals surface area (Å²) in [5.74, 6) is 4.86. The van der Waals surface area contributed by atoms with Crippen LogP contribution < -0.4 is 10.6 Å². The Labute approximate surface area is 212 Å². The molecule has 2 N–H and O–H groups in total. The fourth-order valence-corrected chi connectivity index (χ4v) is 4.15. The second-order valence-corrected chi connectivity index (χ2v) is 9.08. The lowest BCUT2D eigenvalue weighted by atomic mass is 10.0. The highest BCUT2D eigenvalue weighted by molar-refractivity contribution is 6.05. The van der Waals surface area contributed by atoms with E-state index in [4.69, 9.17) is 0 Å². The molecule has 0 bridgehead atoms. The summed E-state index contributed by atoms with van der Waals surface area (Å²) in [7, 11) is 0. The van der Waals surface area contributed by atoms with Gasteiger partial charge in [-0.05, 0) is 85.2 Å². The third-order valence-electron chi connectivity index (χ3n) is 6.30. The number of aryl methyl sites for hydroxylation is 1. The van der Waals surface area contributed by atoms with Crippen LogP contribution in [0.5, 0.6) is 0 Å². The number of nitrogens with one attached hydrogen (secondary N) is 2. The van der Waals surface area contributed by atoms with Gasteiger partial charge in [-0.15, -0.1) is 0 Å². The van der Waals surface area contributed by atoms with Crippen molar-refractivity contribution in [2.24, 2.45) is 5.92 Å². The van der Waals surface area contributed by atoms with E-state index < -0.39 is 11.7 Å². The Kier molecular flexibility index (Phi) is 5.69. The molecular formula is C28H22FN7O. The van der Waals surface area contributed by atoms with Gasteiger partial charge in [0.15, 0.2) is 11.5 Å². The van der Waals surface area contributed by atoms with Gasteiger partial charge in [0.1, 0.15) is 18.5 Å². The van der Waals surface area contributed by atoms with Crippen molar-refractivity contribution < 1.29 is 9.18 Å². The molecule has 0 saturated heterocycles. The number of rotatable bonds is 5. The Hall–Kier alpha value is -4.84. The van der Waals surface area contributed by atoms with Crippen LogP contribution in [0.2, 0.25) is 0 Å². The summed E-state index contributed by atoms with van der Waals surface area (Å²) in [4.78, 5) is 24.9. The number of pyridine rings is 1. The minimum absolute atomic E-state index is 0.0385. The van der Waals surface area contributed by atoms with E-state index in [-0.39, 0.29) is 17.0 Å². The largest absolute Gasteiger partial charge is 0.340 e. The number of halogens is 1. The number of carbonyl (C=O) groups is 1. The number of fused-ring (bicyclic) bond motifs is 2. The van der Waals surface area contributed by atoms with E-state index >= 15 is 4.39 Å². The molecule has 37 heavy (non-hydrogen) atoms. The zero-order valence-electron chi connectivity index (χ0n) is 20.0. The number of hydrogen-bond acceptors (Lipinski definition) is 6. The van der Waals surface area contributed by atoms with Crippen LogP contribution in [-0.4, -0.2) is 30.5 Å². The molecule has 1 aliphatic rings. The summed E-state index contributed by atoms with van der Waals surface area (Å²) < 4.78 is 17.2. The molecule has 5 aromatic rings. The fourth-order valence-electron chi connectivity index (χ4n) is 4.15. The second-order valence-electron chi connectivity index (χ2n) is 9.08. The van der Waals surface area contributed by atoms with Crippen molar-refractivity contribution >= 4 is 39.6 Å². The Morgan fingerprint density at radius 3 is 2.84 bits per heavy atom. The summed E-state index contributed by atoms with van der Waals surface area (Å²) in [6.45, 7) is 2.03. The molecule has 9 heteroatoms. The smallest absolute Gasteiger partial charge is 0.300 e. The lowest BCUT2D eigenvalue weighted by molar-refractivity contribution is -0.111. The number of nitrogens with zero attached hydrogens (tertiary/aromatic N) is 5. The van der Waals surface area contributed by atoms with E-state index in [9.17, 15) is 4.79 Å². The third-order valence-corrected chi connectivity index (χ3v) is 6.30. The minimum atomic E-state index is -0.612. The molecule has 0 aliphatic heterocycles. The Morgan fingerprint density at radius 2 is 2.00 bits per heavy atom. The number of amides is 1. The highest BCUT2D eigenvalue weighted by Crippen LogP contribution is 2.31. The topological polar surface area (TPSA) is 97.1 Å². The summed E-state index contributed by atoms with van der Waals surface area (Å²) in [6, 6.07) is 13.1. The van der Waals surface area contributed by atoms with Crippen LogP contribution in [0.3, 0.4) is 0 Å². The second kappa shape index (κ2) is 9.32. The number of carbonyl (C=O) groups excluding carboxylic acids is 1. The monoisotopic (exact) mass is 491 g/mol. The Morgan fingerprint density at radius 1 is 1.11 bits per heavy atom. The predicted octanol–water partition coefficient (Wildman–Crippen LogP) is 4.81. The van der Waals surface area contributed by atoms with E-state index in [1.807, 2.05) is 43.5 Å². The molecule has 1 amide bonds. The van der Waals surface area contributed by atoms with Crippen molar-refractivity contribution in [2.45, 2.75) is 26.2 Å². The molecule has 1 aliphatic carbocycles. The maximum Gasteiger partial charge on any atom is 0.300 e. The van der Waals surface area contributed by atoms with Crippen LogP contribution in [0.25, 0.3) is 16.6 Å². The van der Waals surface area contributed by atoms with E-state index in [1.54, 1.807) is 10.6 Å². The van der Waals surface area contributed by atoms with Gasteiger partial charge in [-0.3, -0.25) is 4.79 Å². The molecule has 182 valence electrons.